The summed E-state index contributed by atoms with van der Waals surface area (Å²) in [6.45, 7) is 2.24. The van der Waals surface area contributed by atoms with E-state index in [0.717, 1.165) is 31.6 Å². The molecule has 2 nitrogen and oxygen atoms in total. The molecule has 4 aliphatic rings. The highest BCUT2D eigenvalue weighted by Gasteiger charge is 2.62. The molecule has 3 saturated carbocycles. The zero-order chi connectivity index (χ0) is 15.5. The largest absolute Gasteiger partial charge is 0.389 e. The number of terminal acetylenes is 1. The Labute approximate surface area is 134 Å². The van der Waals surface area contributed by atoms with E-state index in [2.05, 4.69) is 18.9 Å². The van der Waals surface area contributed by atoms with Gasteiger partial charge in [-0.25, -0.2) is 0 Å². The van der Waals surface area contributed by atoms with Gasteiger partial charge in [0.25, 0.3) is 0 Å². The van der Waals surface area contributed by atoms with Gasteiger partial charge < -0.3 is 10.2 Å². The minimum absolute atomic E-state index is 0.0896. The van der Waals surface area contributed by atoms with Crippen LogP contribution in [0.3, 0.4) is 0 Å². The first-order valence-corrected chi connectivity index (χ1v) is 9.05. The molecule has 0 aliphatic heterocycles. The number of hydrogen-bond acceptors (Lipinski definition) is 2. The normalized spacial score (nSPS) is 56.6. The van der Waals surface area contributed by atoms with Crippen molar-refractivity contribution in [2.24, 2.45) is 35.0 Å². The molecule has 0 radical (unpaired) electrons. The van der Waals surface area contributed by atoms with Crippen LogP contribution in [-0.4, -0.2) is 21.9 Å². The second-order valence-corrected chi connectivity index (χ2v) is 8.54. The highest BCUT2D eigenvalue weighted by atomic mass is 16.3. The minimum atomic E-state index is -0.891. The van der Waals surface area contributed by atoms with Gasteiger partial charge in [0.15, 0.2) is 0 Å². The predicted molar refractivity (Wildman–Crippen MR) is 86.8 cm³/mol. The zero-order valence-corrected chi connectivity index (χ0v) is 13.5. The molecule has 0 aromatic carbocycles. The third-order valence-corrected chi connectivity index (χ3v) is 7.89. The molecule has 0 spiro atoms. The van der Waals surface area contributed by atoms with Gasteiger partial charge in [0.2, 0.25) is 0 Å². The van der Waals surface area contributed by atoms with E-state index in [1.165, 1.54) is 19.3 Å². The minimum Gasteiger partial charge on any atom is -0.389 e. The molecule has 0 aromatic heterocycles. The van der Waals surface area contributed by atoms with Crippen LogP contribution in [0.4, 0.5) is 0 Å². The number of aliphatic hydroxyl groups excluding tert-OH is 1. The van der Waals surface area contributed by atoms with Gasteiger partial charge >= 0.3 is 0 Å². The third kappa shape index (κ3) is 1.82. The average Bonchev–Trinajstić information content (AvgIpc) is 2.79. The van der Waals surface area contributed by atoms with Crippen molar-refractivity contribution in [1.82, 2.24) is 0 Å². The standard InChI is InChI=1S/C20H28O2/c1-3-20(22)11-9-18-17-6-4-13-12-14(21)5-7-15(13)16(17)8-10-19(18,20)2/h1,5,7,13-18,21-22H,4,6,8-12H2,2H3/t13?,14-,15-,16+,17+,18-,19-,20-/m0/s1. The first-order chi connectivity index (χ1) is 10.5. The van der Waals surface area contributed by atoms with E-state index in [0.29, 0.717) is 23.7 Å². The summed E-state index contributed by atoms with van der Waals surface area (Å²) in [5, 5.41) is 20.8. The second kappa shape index (κ2) is 4.86. The smallest absolute Gasteiger partial charge is 0.130 e. The van der Waals surface area contributed by atoms with Crippen molar-refractivity contribution in [3.63, 3.8) is 0 Å². The maximum Gasteiger partial charge on any atom is 0.130 e. The Hall–Kier alpha value is -0.780. The Morgan fingerprint density at radius 2 is 1.91 bits per heavy atom. The molecular formula is C20H28O2. The van der Waals surface area contributed by atoms with Gasteiger partial charge in [-0.05, 0) is 74.5 Å². The summed E-state index contributed by atoms with van der Waals surface area (Å²) in [6, 6.07) is 0. The molecule has 22 heavy (non-hydrogen) atoms. The molecule has 0 saturated heterocycles. The summed E-state index contributed by atoms with van der Waals surface area (Å²) in [7, 11) is 0. The van der Waals surface area contributed by atoms with E-state index in [9.17, 15) is 10.2 Å². The second-order valence-electron chi connectivity index (χ2n) is 8.54. The summed E-state index contributed by atoms with van der Waals surface area (Å²) in [5.74, 6) is 6.08. The number of rotatable bonds is 0. The van der Waals surface area contributed by atoms with Crippen molar-refractivity contribution in [1.29, 1.82) is 0 Å². The van der Waals surface area contributed by atoms with Gasteiger partial charge in [-0.2, -0.15) is 0 Å². The molecule has 2 N–H and O–H groups in total. The van der Waals surface area contributed by atoms with Crippen molar-refractivity contribution in [2.45, 2.75) is 63.6 Å². The Kier molecular flexibility index (Phi) is 3.26. The maximum absolute atomic E-state index is 10.9. The Morgan fingerprint density at radius 3 is 2.68 bits per heavy atom. The molecule has 4 aliphatic carbocycles. The summed E-state index contributed by atoms with van der Waals surface area (Å²) in [6.07, 6.45) is 17.3. The average molecular weight is 300 g/mol. The summed E-state index contributed by atoms with van der Waals surface area (Å²) < 4.78 is 0. The highest BCUT2D eigenvalue weighted by molar-refractivity contribution is 5.23. The van der Waals surface area contributed by atoms with Crippen LogP contribution in [0, 0.1) is 47.3 Å². The van der Waals surface area contributed by atoms with Crippen molar-refractivity contribution < 1.29 is 10.2 Å². The highest BCUT2D eigenvalue weighted by Crippen LogP contribution is 2.64. The van der Waals surface area contributed by atoms with Gasteiger partial charge in [0.05, 0.1) is 6.10 Å². The number of aliphatic hydroxyl groups is 2. The van der Waals surface area contributed by atoms with Crippen LogP contribution >= 0.6 is 0 Å². The van der Waals surface area contributed by atoms with E-state index < -0.39 is 5.60 Å². The lowest BCUT2D eigenvalue weighted by Gasteiger charge is -2.55. The quantitative estimate of drug-likeness (QED) is 0.533. The molecule has 1 unspecified atom stereocenters. The first kappa shape index (κ1) is 14.8. The molecule has 0 bridgehead atoms. The van der Waals surface area contributed by atoms with Gasteiger partial charge in [-0.3, -0.25) is 0 Å². The molecule has 120 valence electrons. The predicted octanol–water partition coefficient (Wildman–Crippen LogP) is 3.14. The molecular weight excluding hydrogens is 272 g/mol. The Bertz CT molecular complexity index is 532. The van der Waals surface area contributed by atoms with E-state index >= 15 is 0 Å². The first-order valence-electron chi connectivity index (χ1n) is 9.05. The van der Waals surface area contributed by atoms with Crippen molar-refractivity contribution in [3.05, 3.63) is 12.2 Å². The van der Waals surface area contributed by atoms with Crippen LogP contribution in [0.15, 0.2) is 12.2 Å². The van der Waals surface area contributed by atoms with Gasteiger partial charge in [0, 0.05) is 5.41 Å². The lowest BCUT2D eigenvalue weighted by atomic mass is 9.50. The fraction of sp³-hybridized carbons (Fsp3) is 0.800. The SMILES string of the molecule is C#C[C@]1(O)CC[C@H]2[C@@H]3CCC4C[C@@H](O)C=C[C@@H]4[C@H]3CC[C@@]21C. The number of allylic oxidation sites excluding steroid dienone is 1. The molecule has 4 rings (SSSR count). The van der Waals surface area contributed by atoms with Crippen LogP contribution in [0.2, 0.25) is 0 Å². The van der Waals surface area contributed by atoms with Crippen LogP contribution < -0.4 is 0 Å². The fourth-order valence-corrected chi connectivity index (χ4v) is 6.63. The van der Waals surface area contributed by atoms with E-state index in [-0.39, 0.29) is 11.5 Å². The molecule has 0 amide bonds. The fourth-order valence-electron chi connectivity index (χ4n) is 6.63. The monoisotopic (exact) mass is 300 g/mol. The lowest BCUT2D eigenvalue weighted by molar-refractivity contribution is -0.0967. The van der Waals surface area contributed by atoms with Crippen LogP contribution in [0.25, 0.3) is 0 Å². The van der Waals surface area contributed by atoms with E-state index in [1.807, 2.05) is 6.08 Å². The van der Waals surface area contributed by atoms with Crippen LogP contribution in [0.1, 0.15) is 51.9 Å². The van der Waals surface area contributed by atoms with E-state index in [1.54, 1.807) is 0 Å². The van der Waals surface area contributed by atoms with Gasteiger partial charge in [-0.1, -0.05) is 25.0 Å². The molecule has 8 atom stereocenters. The Morgan fingerprint density at radius 1 is 1.09 bits per heavy atom. The van der Waals surface area contributed by atoms with Crippen LogP contribution in [0.5, 0.6) is 0 Å². The summed E-state index contributed by atoms with van der Waals surface area (Å²) in [5.41, 5.74) is -0.980. The molecule has 3 fully saturated rings. The van der Waals surface area contributed by atoms with Crippen molar-refractivity contribution in [2.75, 3.05) is 0 Å². The topological polar surface area (TPSA) is 40.5 Å². The summed E-state index contributed by atoms with van der Waals surface area (Å²) in [4.78, 5) is 0. The van der Waals surface area contributed by atoms with E-state index in [4.69, 9.17) is 6.42 Å². The Balaban J connectivity index is 1.63. The third-order valence-electron chi connectivity index (χ3n) is 7.89. The zero-order valence-electron chi connectivity index (χ0n) is 13.5. The lowest BCUT2D eigenvalue weighted by Crippen LogP contribution is -2.52. The maximum atomic E-state index is 10.9. The number of hydrogen-bond donors (Lipinski definition) is 2. The number of fused-ring (bicyclic) bond motifs is 5. The summed E-state index contributed by atoms with van der Waals surface area (Å²) >= 11 is 0. The van der Waals surface area contributed by atoms with Crippen molar-refractivity contribution in [3.8, 4) is 12.3 Å². The van der Waals surface area contributed by atoms with Crippen molar-refractivity contribution >= 4 is 0 Å². The van der Waals surface area contributed by atoms with Gasteiger partial charge in [0.1, 0.15) is 5.60 Å². The molecule has 2 heteroatoms. The van der Waals surface area contributed by atoms with Crippen LogP contribution in [-0.2, 0) is 0 Å². The molecule has 0 aromatic rings. The molecule has 0 heterocycles. The van der Waals surface area contributed by atoms with Gasteiger partial charge in [-0.15, -0.1) is 6.42 Å².